The number of halogens is 1. The lowest BCUT2D eigenvalue weighted by molar-refractivity contribution is 0.213. The van der Waals surface area contributed by atoms with Crippen molar-refractivity contribution in [3.05, 3.63) is 32.3 Å². The Morgan fingerprint density at radius 2 is 2.31 bits per heavy atom. The van der Waals surface area contributed by atoms with Crippen LogP contribution in [0, 0.1) is 0 Å². The standard InChI is InChI=1S/C8H6BrNO2S/c9-5-1-2-6-7(3-5)13-8(12)10(6)4-11/h1-3,11H,4H2. The van der Waals surface area contributed by atoms with Gasteiger partial charge < -0.3 is 5.11 Å². The molecule has 2 aromatic rings. The molecule has 1 aromatic carbocycles. The number of fused-ring (bicyclic) bond motifs is 1. The Morgan fingerprint density at radius 1 is 1.54 bits per heavy atom. The Kier molecular flexibility index (Phi) is 2.23. The highest BCUT2D eigenvalue weighted by molar-refractivity contribution is 9.10. The van der Waals surface area contributed by atoms with Gasteiger partial charge in [-0.3, -0.25) is 9.36 Å². The fraction of sp³-hybridized carbons (Fsp3) is 0.125. The van der Waals surface area contributed by atoms with Crippen LogP contribution in [0.1, 0.15) is 0 Å². The lowest BCUT2D eigenvalue weighted by Crippen LogP contribution is -2.11. The summed E-state index contributed by atoms with van der Waals surface area (Å²) in [6.45, 7) is -0.263. The number of hydrogen-bond donors (Lipinski definition) is 1. The second kappa shape index (κ2) is 3.25. The molecule has 0 atom stereocenters. The molecule has 0 radical (unpaired) electrons. The van der Waals surface area contributed by atoms with Gasteiger partial charge in [0.1, 0.15) is 6.73 Å². The van der Waals surface area contributed by atoms with E-state index in [1.54, 1.807) is 0 Å². The molecule has 0 spiro atoms. The maximum Gasteiger partial charge on any atom is 0.310 e. The molecule has 0 aliphatic carbocycles. The van der Waals surface area contributed by atoms with E-state index in [0.717, 1.165) is 26.0 Å². The van der Waals surface area contributed by atoms with Crippen LogP contribution in [0.3, 0.4) is 0 Å². The fourth-order valence-corrected chi connectivity index (χ4v) is 2.61. The van der Waals surface area contributed by atoms with E-state index < -0.39 is 0 Å². The quantitative estimate of drug-likeness (QED) is 0.849. The van der Waals surface area contributed by atoms with Crippen LogP contribution in [0.4, 0.5) is 0 Å². The summed E-state index contributed by atoms with van der Waals surface area (Å²) >= 11 is 4.46. The molecule has 68 valence electrons. The van der Waals surface area contributed by atoms with Gasteiger partial charge in [0.25, 0.3) is 0 Å². The van der Waals surface area contributed by atoms with Crippen LogP contribution >= 0.6 is 27.3 Å². The number of aliphatic hydroxyl groups excluding tert-OH is 1. The summed E-state index contributed by atoms with van der Waals surface area (Å²) in [6, 6.07) is 5.53. The molecule has 13 heavy (non-hydrogen) atoms. The lowest BCUT2D eigenvalue weighted by atomic mass is 10.3. The molecule has 2 rings (SSSR count). The zero-order chi connectivity index (χ0) is 9.42. The second-order valence-corrected chi connectivity index (χ2v) is 4.46. The van der Waals surface area contributed by atoms with Crippen molar-refractivity contribution in [3.63, 3.8) is 0 Å². The minimum absolute atomic E-state index is 0.129. The van der Waals surface area contributed by atoms with Gasteiger partial charge in [-0.2, -0.15) is 0 Å². The average Bonchev–Trinajstić information content (AvgIpc) is 2.39. The number of aliphatic hydroxyl groups is 1. The minimum Gasteiger partial charge on any atom is -0.376 e. The highest BCUT2D eigenvalue weighted by Gasteiger charge is 2.05. The predicted molar refractivity (Wildman–Crippen MR) is 56.0 cm³/mol. The Labute approximate surface area is 86.4 Å². The van der Waals surface area contributed by atoms with E-state index in [1.165, 1.54) is 4.57 Å². The SMILES string of the molecule is O=c1sc2cc(Br)ccc2n1CO. The smallest absolute Gasteiger partial charge is 0.310 e. The van der Waals surface area contributed by atoms with Crippen molar-refractivity contribution < 1.29 is 5.11 Å². The first kappa shape index (κ1) is 8.93. The first-order valence-electron chi connectivity index (χ1n) is 3.62. The molecular weight excluding hydrogens is 254 g/mol. The topological polar surface area (TPSA) is 42.2 Å². The Morgan fingerprint density at radius 3 is 3.00 bits per heavy atom. The molecule has 3 nitrogen and oxygen atoms in total. The van der Waals surface area contributed by atoms with Crippen molar-refractivity contribution in [2.75, 3.05) is 0 Å². The highest BCUT2D eigenvalue weighted by Crippen LogP contribution is 2.21. The van der Waals surface area contributed by atoms with Crippen molar-refractivity contribution in [3.8, 4) is 0 Å². The maximum absolute atomic E-state index is 11.3. The largest absolute Gasteiger partial charge is 0.376 e. The van der Waals surface area contributed by atoms with Crippen molar-refractivity contribution in [2.45, 2.75) is 6.73 Å². The van der Waals surface area contributed by atoms with Gasteiger partial charge in [0, 0.05) is 4.47 Å². The molecule has 0 aliphatic heterocycles. The van der Waals surface area contributed by atoms with Gasteiger partial charge in [-0.25, -0.2) is 0 Å². The van der Waals surface area contributed by atoms with Crippen LogP contribution in [0.5, 0.6) is 0 Å². The normalized spacial score (nSPS) is 10.9. The molecule has 0 aliphatic rings. The van der Waals surface area contributed by atoms with Crippen LogP contribution < -0.4 is 4.87 Å². The predicted octanol–water partition coefficient (Wildman–Crippen LogP) is 1.78. The summed E-state index contributed by atoms with van der Waals surface area (Å²) in [7, 11) is 0. The zero-order valence-electron chi connectivity index (χ0n) is 6.53. The number of hydrogen-bond acceptors (Lipinski definition) is 3. The van der Waals surface area contributed by atoms with Gasteiger partial charge in [0.15, 0.2) is 0 Å². The second-order valence-electron chi connectivity index (χ2n) is 2.55. The number of nitrogens with zero attached hydrogens (tertiary/aromatic N) is 1. The van der Waals surface area contributed by atoms with E-state index in [2.05, 4.69) is 15.9 Å². The molecular formula is C8H6BrNO2S. The summed E-state index contributed by atoms with van der Waals surface area (Å²) in [5, 5.41) is 8.93. The molecule has 0 unspecified atom stereocenters. The van der Waals surface area contributed by atoms with E-state index in [-0.39, 0.29) is 11.6 Å². The van der Waals surface area contributed by atoms with Crippen LogP contribution in [0.25, 0.3) is 10.2 Å². The van der Waals surface area contributed by atoms with Crippen molar-refractivity contribution in [1.82, 2.24) is 4.57 Å². The lowest BCUT2D eigenvalue weighted by Gasteiger charge is -1.96. The Balaban J connectivity index is 2.87. The summed E-state index contributed by atoms with van der Waals surface area (Å²) in [4.78, 5) is 11.2. The Bertz CT molecular complexity index is 502. The van der Waals surface area contributed by atoms with Crippen molar-refractivity contribution >= 4 is 37.5 Å². The molecule has 0 saturated carbocycles. The zero-order valence-corrected chi connectivity index (χ0v) is 8.93. The average molecular weight is 260 g/mol. The van der Waals surface area contributed by atoms with Gasteiger partial charge in [-0.1, -0.05) is 27.3 Å². The van der Waals surface area contributed by atoms with E-state index in [0.29, 0.717) is 0 Å². The third-order valence-corrected chi connectivity index (χ3v) is 3.21. The minimum atomic E-state index is -0.263. The molecule has 0 fully saturated rings. The van der Waals surface area contributed by atoms with Crippen LogP contribution in [-0.4, -0.2) is 9.67 Å². The van der Waals surface area contributed by atoms with Crippen LogP contribution in [0.15, 0.2) is 27.5 Å². The van der Waals surface area contributed by atoms with E-state index >= 15 is 0 Å². The summed E-state index contributed by atoms with van der Waals surface area (Å²) in [5.74, 6) is 0. The van der Waals surface area contributed by atoms with Crippen LogP contribution in [0.2, 0.25) is 0 Å². The van der Waals surface area contributed by atoms with Gasteiger partial charge >= 0.3 is 4.87 Å². The summed E-state index contributed by atoms with van der Waals surface area (Å²) < 4.78 is 3.16. The van der Waals surface area contributed by atoms with E-state index in [1.807, 2.05) is 18.2 Å². The van der Waals surface area contributed by atoms with Crippen LogP contribution in [-0.2, 0) is 6.73 Å². The van der Waals surface area contributed by atoms with Crippen molar-refractivity contribution in [1.29, 1.82) is 0 Å². The number of rotatable bonds is 1. The molecule has 1 heterocycles. The first-order chi connectivity index (χ1) is 6.22. The van der Waals surface area contributed by atoms with Gasteiger partial charge in [0.05, 0.1) is 10.2 Å². The fourth-order valence-electron chi connectivity index (χ4n) is 1.17. The highest BCUT2D eigenvalue weighted by atomic mass is 79.9. The third-order valence-electron chi connectivity index (χ3n) is 1.77. The first-order valence-corrected chi connectivity index (χ1v) is 5.23. The van der Waals surface area contributed by atoms with Crippen molar-refractivity contribution in [2.24, 2.45) is 0 Å². The molecule has 0 saturated heterocycles. The Hall–Kier alpha value is -0.650. The molecule has 1 aromatic heterocycles. The van der Waals surface area contributed by atoms with Gasteiger partial charge in [-0.15, -0.1) is 0 Å². The summed E-state index contributed by atoms with van der Waals surface area (Å²) in [5.41, 5.74) is 0.778. The molecule has 1 N–H and O–H groups in total. The summed E-state index contributed by atoms with van der Waals surface area (Å²) in [6.07, 6.45) is 0. The van der Waals surface area contributed by atoms with E-state index in [9.17, 15) is 4.79 Å². The number of thiazole rings is 1. The van der Waals surface area contributed by atoms with Gasteiger partial charge in [-0.05, 0) is 18.2 Å². The molecule has 0 amide bonds. The number of benzene rings is 1. The van der Waals surface area contributed by atoms with E-state index in [4.69, 9.17) is 5.11 Å². The third kappa shape index (κ3) is 1.43. The maximum atomic E-state index is 11.3. The monoisotopic (exact) mass is 259 g/mol. The molecule has 0 bridgehead atoms. The number of aromatic nitrogens is 1. The van der Waals surface area contributed by atoms with Gasteiger partial charge in [0.2, 0.25) is 0 Å². The molecule has 5 heteroatoms.